The summed E-state index contributed by atoms with van der Waals surface area (Å²) in [7, 11) is 3.88. The van der Waals surface area contributed by atoms with Crippen LogP contribution in [0.4, 0.5) is 11.4 Å². The first-order valence-electron chi connectivity index (χ1n) is 9.71. The monoisotopic (exact) mass is 365 g/mol. The van der Waals surface area contributed by atoms with Gasteiger partial charge in [-0.2, -0.15) is 5.48 Å². The van der Waals surface area contributed by atoms with Gasteiger partial charge in [-0.25, -0.2) is 10.2 Å². The zero-order valence-corrected chi connectivity index (χ0v) is 17.1. The first kappa shape index (κ1) is 22.6. The van der Waals surface area contributed by atoms with Gasteiger partial charge >= 0.3 is 0 Å². The lowest BCUT2D eigenvalue weighted by atomic mass is 10.0. The Labute approximate surface area is 158 Å². The molecule has 0 spiro atoms. The summed E-state index contributed by atoms with van der Waals surface area (Å²) in [6.45, 7) is 8.80. The van der Waals surface area contributed by atoms with Crippen LogP contribution in [0.2, 0.25) is 0 Å². The van der Waals surface area contributed by atoms with Gasteiger partial charge in [-0.05, 0) is 56.0 Å². The van der Waals surface area contributed by atoms with E-state index >= 15 is 0 Å². The van der Waals surface area contributed by atoms with Crippen LogP contribution >= 0.6 is 0 Å². The molecule has 148 valence electrons. The standard InChI is InChI=1S/C18H30N4O2.C2H6/c1-4-18(19)20-16-11-14-9-13(5-6-22(2)7-8-24-3)10-15(14)12-17(16)21-23;1-2/h11-13,21,23H,4-10H2,1-3H3,(H2,19,20);1-2H3/p+1. The maximum atomic E-state index is 9.51. The Morgan fingerprint density at radius 3 is 2.54 bits per heavy atom. The highest BCUT2D eigenvalue weighted by Crippen LogP contribution is 2.35. The lowest BCUT2D eigenvalue weighted by molar-refractivity contribution is -0.825. The second-order valence-corrected chi connectivity index (χ2v) is 6.62. The minimum Gasteiger partial charge on any atom is -0.387 e. The molecule has 0 bridgehead atoms. The van der Waals surface area contributed by atoms with Crippen LogP contribution < -0.4 is 11.2 Å². The van der Waals surface area contributed by atoms with Crippen molar-refractivity contribution in [2.45, 2.75) is 46.5 Å². The second-order valence-electron chi connectivity index (χ2n) is 6.62. The number of aliphatic imine (C=N–C) groups is 1. The van der Waals surface area contributed by atoms with Crippen LogP contribution in [0.25, 0.3) is 0 Å². The van der Waals surface area contributed by atoms with Crippen molar-refractivity contribution in [1.29, 1.82) is 0 Å². The van der Waals surface area contributed by atoms with Crippen molar-refractivity contribution in [1.82, 2.24) is 4.90 Å². The third kappa shape index (κ3) is 6.68. The lowest BCUT2D eigenvalue weighted by Crippen LogP contribution is -2.73. The molecule has 0 saturated carbocycles. The quantitative estimate of drug-likeness (QED) is 0.271. The van der Waals surface area contributed by atoms with Gasteiger partial charge in [0.2, 0.25) is 0 Å². The van der Waals surface area contributed by atoms with E-state index in [2.05, 4.69) is 29.1 Å². The fourth-order valence-corrected chi connectivity index (χ4v) is 3.17. The third-order valence-electron chi connectivity index (χ3n) is 4.73. The Bertz CT molecular complexity index is 575. The summed E-state index contributed by atoms with van der Waals surface area (Å²) >= 11 is 0. The molecule has 1 unspecified atom stereocenters. The average Bonchev–Trinajstić information content (AvgIpc) is 3.07. The zero-order valence-electron chi connectivity index (χ0n) is 17.1. The van der Waals surface area contributed by atoms with Crippen LogP contribution in [-0.2, 0) is 17.6 Å². The fraction of sp³-hybridized carbons (Fsp3) is 0.650. The van der Waals surface area contributed by atoms with Crippen molar-refractivity contribution >= 4 is 17.2 Å². The Kier molecular flexibility index (Phi) is 10.4. The number of rotatable bonds is 9. The number of methoxy groups -OCH3 is 1. The van der Waals surface area contributed by atoms with E-state index in [0.717, 1.165) is 49.4 Å². The molecular weight excluding hydrogens is 328 g/mol. The van der Waals surface area contributed by atoms with Gasteiger partial charge in [0.15, 0.2) is 5.69 Å². The van der Waals surface area contributed by atoms with Crippen molar-refractivity contribution in [3.8, 4) is 0 Å². The van der Waals surface area contributed by atoms with Crippen molar-refractivity contribution < 1.29 is 15.4 Å². The van der Waals surface area contributed by atoms with Crippen LogP contribution in [-0.4, -0.2) is 49.8 Å². The molecule has 1 atom stereocenters. The number of likely N-dealkylation sites (N-methyl/N-ethyl adjacent to an activating group) is 1. The van der Waals surface area contributed by atoms with E-state index in [1.54, 1.807) is 7.11 Å². The molecule has 0 saturated heterocycles. The molecular formula is C20H37N4O2+. The van der Waals surface area contributed by atoms with E-state index < -0.39 is 0 Å². The highest BCUT2D eigenvalue weighted by atomic mass is 16.5. The molecule has 0 aromatic heterocycles. The van der Waals surface area contributed by atoms with Gasteiger partial charge in [0, 0.05) is 26.1 Å². The maximum Gasteiger partial charge on any atom is 0.188 e. The molecule has 1 aromatic rings. The topological polar surface area (TPSA) is 87.7 Å². The minimum atomic E-state index is 0.590. The van der Waals surface area contributed by atoms with Crippen LogP contribution in [0.5, 0.6) is 0 Å². The molecule has 0 fully saturated rings. The first-order valence-corrected chi connectivity index (χ1v) is 9.71. The van der Waals surface area contributed by atoms with E-state index in [0.29, 0.717) is 18.2 Å². The van der Waals surface area contributed by atoms with Crippen LogP contribution in [0.1, 0.15) is 44.7 Å². The smallest absolute Gasteiger partial charge is 0.188 e. The van der Waals surface area contributed by atoms with Gasteiger partial charge in [0.25, 0.3) is 0 Å². The number of hydrogen-bond donors (Lipinski definition) is 3. The normalized spacial score (nSPS) is 16.4. The van der Waals surface area contributed by atoms with Gasteiger partial charge in [-0.1, -0.05) is 20.8 Å². The highest BCUT2D eigenvalue weighted by molar-refractivity contribution is 5.84. The number of nitrogens with zero attached hydrogens (tertiary/aromatic N) is 2. The van der Waals surface area contributed by atoms with Gasteiger partial charge in [0.1, 0.15) is 5.69 Å². The molecule has 1 aliphatic rings. The van der Waals surface area contributed by atoms with Crippen molar-refractivity contribution in [2.24, 2.45) is 16.6 Å². The number of ether oxygens (including phenoxy) is 1. The molecule has 0 radical (unpaired) electrons. The van der Waals surface area contributed by atoms with E-state index in [1.165, 1.54) is 17.5 Å². The number of hydrogen-bond acceptors (Lipinski definition) is 4. The van der Waals surface area contributed by atoms with Crippen LogP contribution in [0.15, 0.2) is 17.1 Å². The molecule has 2 rings (SSSR count). The Morgan fingerprint density at radius 1 is 1.31 bits per heavy atom. The molecule has 0 aliphatic heterocycles. The Balaban J connectivity index is 0.00000163. The fourth-order valence-electron chi connectivity index (χ4n) is 3.17. The zero-order chi connectivity index (χ0) is 19.5. The third-order valence-corrected chi connectivity index (χ3v) is 4.73. The number of fused-ring (bicyclic) bond motifs is 1. The highest BCUT2D eigenvalue weighted by Gasteiger charge is 2.24. The molecule has 6 nitrogen and oxygen atoms in total. The molecule has 26 heavy (non-hydrogen) atoms. The van der Waals surface area contributed by atoms with Gasteiger partial charge in [-0.3, -0.25) is 0 Å². The summed E-state index contributed by atoms with van der Waals surface area (Å²) in [6.07, 6.45) is 4.02. The molecule has 0 amide bonds. The Morgan fingerprint density at radius 2 is 1.96 bits per heavy atom. The Hall–Kier alpha value is -1.47. The maximum absolute atomic E-state index is 9.51. The second kappa shape index (κ2) is 12.0. The van der Waals surface area contributed by atoms with Gasteiger partial charge in [0.05, 0.1) is 12.4 Å². The SMILES string of the molecule is CC.CCC(N)=Nc1cc2c(cc1[NH2+]O)CC(CCN(C)CCOC)C2. The van der Waals surface area contributed by atoms with Crippen LogP contribution in [0.3, 0.4) is 0 Å². The van der Waals surface area contributed by atoms with E-state index in [4.69, 9.17) is 10.5 Å². The number of quaternary nitrogens is 1. The summed E-state index contributed by atoms with van der Waals surface area (Å²) in [5.74, 6) is 1.24. The summed E-state index contributed by atoms with van der Waals surface area (Å²) in [4.78, 5) is 6.76. The molecule has 6 heteroatoms. The predicted molar refractivity (Wildman–Crippen MR) is 108 cm³/mol. The molecule has 0 heterocycles. The van der Waals surface area contributed by atoms with Crippen molar-refractivity contribution in [3.63, 3.8) is 0 Å². The van der Waals surface area contributed by atoms with E-state index in [1.807, 2.05) is 20.8 Å². The average molecular weight is 366 g/mol. The van der Waals surface area contributed by atoms with Crippen molar-refractivity contribution in [3.05, 3.63) is 23.3 Å². The van der Waals surface area contributed by atoms with Gasteiger partial charge < -0.3 is 15.4 Å². The number of amidine groups is 1. The number of benzene rings is 1. The predicted octanol–water partition coefficient (Wildman–Crippen LogP) is 2.38. The van der Waals surface area contributed by atoms with E-state index in [9.17, 15) is 5.21 Å². The summed E-state index contributed by atoms with van der Waals surface area (Å²) < 4.78 is 5.12. The van der Waals surface area contributed by atoms with Crippen molar-refractivity contribution in [2.75, 3.05) is 33.9 Å². The minimum absolute atomic E-state index is 0.590. The lowest BCUT2D eigenvalue weighted by Gasteiger charge is -2.18. The summed E-state index contributed by atoms with van der Waals surface area (Å²) in [5.41, 5.74) is 11.2. The summed E-state index contributed by atoms with van der Waals surface area (Å²) in [6, 6.07) is 4.15. The van der Waals surface area contributed by atoms with Gasteiger partial charge in [-0.15, -0.1) is 0 Å². The molecule has 1 aromatic carbocycles. The van der Waals surface area contributed by atoms with Crippen LogP contribution in [0, 0.1) is 5.92 Å². The number of nitrogens with two attached hydrogens (primary N) is 2. The van der Waals surface area contributed by atoms with E-state index in [-0.39, 0.29) is 0 Å². The molecule has 1 aliphatic carbocycles. The summed E-state index contributed by atoms with van der Waals surface area (Å²) in [5, 5.41) is 9.51. The first-order chi connectivity index (χ1) is 12.6. The largest absolute Gasteiger partial charge is 0.387 e. The molecule has 5 N–H and O–H groups in total.